The monoisotopic (exact) mass is 258 g/mol. The van der Waals surface area contributed by atoms with Gasteiger partial charge in [-0.2, -0.15) is 0 Å². The van der Waals surface area contributed by atoms with Crippen molar-refractivity contribution in [1.82, 2.24) is 0 Å². The molecule has 0 aliphatic rings. The number of rotatable bonds is 3. The van der Waals surface area contributed by atoms with Gasteiger partial charge in [0.05, 0.1) is 0 Å². The third-order valence-electron chi connectivity index (χ3n) is 3.34. The molecule has 3 heteroatoms. The molecule has 2 aromatic carbocycles. The summed E-state index contributed by atoms with van der Waals surface area (Å²) in [4.78, 5) is 2.05. The van der Waals surface area contributed by atoms with Crippen LogP contribution in [0.3, 0.4) is 0 Å². The van der Waals surface area contributed by atoms with Gasteiger partial charge in [-0.05, 0) is 49.2 Å². The van der Waals surface area contributed by atoms with Crippen molar-refractivity contribution in [1.29, 1.82) is 0 Å². The summed E-state index contributed by atoms with van der Waals surface area (Å²) >= 11 is 0. The quantitative estimate of drug-likeness (QED) is 0.910. The van der Waals surface area contributed by atoms with Crippen LogP contribution in [0.4, 0.5) is 15.8 Å². The Kier molecular flexibility index (Phi) is 3.86. The van der Waals surface area contributed by atoms with Gasteiger partial charge >= 0.3 is 0 Å². The Morgan fingerprint density at radius 2 is 1.74 bits per heavy atom. The van der Waals surface area contributed by atoms with Crippen molar-refractivity contribution in [3.8, 4) is 0 Å². The molecule has 0 saturated carbocycles. The Morgan fingerprint density at radius 1 is 1.05 bits per heavy atom. The number of hydrogen-bond donors (Lipinski definition) is 1. The number of aryl methyl sites for hydroxylation is 2. The predicted molar refractivity (Wildman–Crippen MR) is 78.3 cm³/mol. The zero-order valence-corrected chi connectivity index (χ0v) is 11.6. The second-order valence-electron chi connectivity index (χ2n) is 4.83. The maximum atomic E-state index is 13.3. The van der Waals surface area contributed by atoms with Crippen molar-refractivity contribution in [3.63, 3.8) is 0 Å². The number of benzene rings is 2. The first-order valence-corrected chi connectivity index (χ1v) is 6.32. The molecule has 0 spiro atoms. The van der Waals surface area contributed by atoms with Crippen LogP contribution in [0, 0.1) is 19.7 Å². The molecule has 0 atom stereocenters. The van der Waals surface area contributed by atoms with E-state index < -0.39 is 0 Å². The lowest BCUT2D eigenvalue weighted by atomic mass is 10.1. The van der Waals surface area contributed by atoms with Crippen molar-refractivity contribution in [3.05, 3.63) is 58.9 Å². The van der Waals surface area contributed by atoms with Gasteiger partial charge in [0.25, 0.3) is 0 Å². The van der Waals surface area contributed by atoms with Crippen LogP contribution < -0.4 is 10.6 Å². The first-order chi connectivity index (χ1) is 9.02. The number of anilines is 2. The highest BCUT2D eigenvalue weighted by molar-refractivity contribution is 5.68. The summed E-state index contributed by atoms with van der Waals surface area (Å²) in [6.07, 6.45) is 0. The highest BCUT2D eigenvalue weighted by Gasteiger charge is 2.11. The molecular weight excluding hydrogens is 239 g/mol. The van der Waals surface area contributed by atoms with E-state index in [1.165, 1.54) is 23.3 Å². The molecule has 0 aliphatic carbocycles. The van der Waals surface area contributed by atoms with Crippen molar-refractivity contribution in [2.45, 2.75) is 20.4 Å². The summed E-state index contributed by atoms with van der Waals surface area (Å²) < 4.78 is 13.3. The number of nitrogens with zero attached hydrogens (tertiary/aromatic N) is 1. The van der Waals surface area contributed by atoms with Crippen LogP contribution in [0.5, 0.6) is 0 Å². The third kappa shape index (κ3) is 2.76. The summed E-state index contributed by atoms with van der Waals surface area (Å²) in [6, 6.07) is 11.0. The summed E-state index contributed by atoms with van der Waals surface area (Å²) in [5.74, 6) is -0.252. The van der Waals surface area contributed by atoms with Crippen LogP contribution in [0.25, 0.3) is 0 Å². The van der Waals surface area contributed by atoms with Gasteiger partial charge in [0, 0.05) is 25.0 Å². The van der Waals surface area contributed by atoms with E-state index in [9.17, 15) is 4.39 Å². The lowest BCUT2D eigenvalue weighted by Crippen LogP contribution is -2.14. The summed E-state index contributed by atoms with van der Waals surface area (Å²) in [5, 5.41) is 0. The fourth-order valence-electron chi connectivity index (χ4n) is 2.36. The van der Waals surface area contributed by atoms with Gasteiger partial charge in [0.2, 0.25) is 0 Å². The molecule has 0 aliphatic heterocycles. The van der Waals surface area contributed by atoms with Gasteiger partial charge in [0.15, 0.2) is 0 Å². The minimum Gasteiger partial charge on any atom is -0.344 e. The highest BCUT2D eigenvalue weighted by Crippen LogP contribution is 2.30. The standard InChI is InChI=1S/C16H19FN2/c1-11-4-6-15(12(2)8-11)19(3)16-7-5-14(17)9-13(16)10-18/h4-9H,10,18H2,1-3H3. The Morgan fingerprint density at radius 3 is 2.37 bits per heavy atom. The van der Waals surface area contributed by atoms with Crippen LogP contribution in [0.1, 0.15) is 16.7 Å². The van der Waals surface area contributed by atoms with E-state index in [-0.39, 0.29) is 5.82 Å². The zero-order chi connectivity index (χ0) is 14.0. The molecule has 0 aromatic heterocycles. The molecule has 2 nitrogen and oxygen atoms in total. The molecule has 0 amide bonds. The van der Waals surface area contributed by atoms with E-state index in [2.05, 4.69) is 36.9 Å². The molecule has 0 heterocycles. The van der Waals surface area contributed by atoms with Gasteiger partial charge in [-0.3, -0.25) is 0 Å². The first-order valence-electron chi connectivity index (χ1n) is 6.32. The van der Waals surface area contributed by atoms with E-state index in [0.29, 0.717) is 6.54 Å². The summed E-state index contributed by atoms with van der Waals surface area (Å²) in [5.41, 5.74) is 11.0. The second-order valence-corrected chi connectivity index (χ2v) is 4.83. The molecule has 19 heavy (non-hydrogen) atoms. The van der Waals surface area contributed by atoms with Crippen LogP contribution in [0.2, 0.25) is 0 Å². The fraction of sp³-hybridized carbons (Fsp3) is 0.250. The molecule has 2 rings (SSSR count). The molecule has 0 unspecified atom stereocenters. The normalized spacial score (nSPS) is 10.6. The molecule has 0 fully saturated rings. The minimum atomic E-state index is -0.252. The molecule has 100 valence electrons. The van der Waals surface area contributed by atoms with Crippen molar-refractivity contribution in [2.24, 2.45) is 5.73 Å². The average molecular weight is 258 g/mol. The molecule has 0 saturated heterocycles. The molecule has 2 aromatic rings. The van der Waals surface area contributed by atoms with Gasteiger partial charge in [-0.25, -0.2) is 4.39 Å². The lowest BCUT2D eigenvalue weighted by Gasteiger charge is -2.24. The average Bonchev–Trinajstić information content (AvgIpc) is 2.37. The Hall–Kier alpha value is -1.87. The highest BCUT2D eigenvalue weighted by atomic mass is 19.1. The zero-order valence-electron chi connectivity index (χ0n) is 11.6. The van der Waals surface area contributed by atoms with Crippen molar-refractivity contribution in [2.75, 3.05) is 11.9 Å². The van der Waals surface area contributed by atoms with Crippen molar-refractivity contribution >= 4 is 11.4 Å². The second kappa shape index (κ2) is 5.41. The van der Waals surface area contributed by atoms with Crippen LogP contribution >= 0.6 is 0 Å². The SMILES string of the molecule is Cc1ccc(N(C)c2ccc(F)cc2CN)c(C)c1. The van der Waals surface area contributed by atoms with Gasteiger partial charge < -0.3 is 10.6 Å². The third-order valence-corrected chi connectivity index (χ3v) is 3.34. The van der Waals surface area contributed by atoms with Crippen LogP contribution in [-0.4, -0.2) is 7.05 Å². The summed E-state index contributed by atoms with van der Waals surface area (Å²) in [6.45, 7) is 4.47. The van der Waals surface area contributed by atoms with E-state index in [1.807, 2.05) is 7.05 Å². The van der Waals surface area contributed by atoms with Crippen molar-refractivity contribution < 1.29 is 4.39 Å². The minimum absolute atomic E-state index is 0.252. The maximum absolute atomic E-state index is 13.3. The molecule has 0 bridgehead atoms. The van der Waals surface area contributed by atoms with E-state index in [4.69, 9.17) is 5.73 Å². The number of nitrogens with two attached hydrogens (primary N) is 1. The van der Waals surface area contributed by atoms with Crippen LogP contribution in [0.15, 0.2) is 36.4 Å². The smallest absolute Gasteiger partial charge is 0.123 e. The topological polar surface area (TPSA) is 29.3 Å². The lowest BCUT2D eigenvalue weighted by molar-refractivity contribution is 0.625. The number of halogens is 1. The Balaban J connectivity index is 2.46. The van der Waals surface area contributed by atoms with E-state index in [0.717, 1.165) is 16.9 Å². The van der Waals surface area contributed by atoms with Gasteiger partial charge in [-0.15, -0.1) is 0 Å². The maximum Gasteiger partial charge on any atom is 0.123 e. The van der Waals surface area contributed by atoms with Crippen LogP contribution in [-0.2, 0) is 6.54 Å². The van der Waals surface area contributed by atoms with E-state index >= 15 is 0 Å². The molecule has 2 N–H and O–H groups in total. The van der Waals surface area contributed by atoms with Gasteiger partial charge in [-0.1, -0.05) is 17.7 Å². The molecule has 0 radical (unpaired) electrons. The first kappa shape index (κ1) is 13.6. The Labute approximate surface area is 113 Å². The largest absolute Gasteiger partial charge is 0.344 e. The Bertz CT molecular complexity index is 593. The molecular formula is C16H19FN2. The number of hydrogen-bond acceptors (Lipinski definition) is 2. The fourth-order valence-corrected chi connectivity index (χ4v) is 2.36. The summed E-state index contributed by atoms with van der Waals surface area (Å²) in [7, 11) is 1.98. The van der Waals surface area contributed by atoms with E-state index in [1.54, 1.807) is 6.07 Å². The predicted octanol–water partition coefficient (Wildman–Crippen LogP) is 3.67. The van der Waals surface area contributed by atoms with Gasteiger partial charge in [0.1, 0.15) is 5.82 Å².